The predicted octanol–water partition coefficient (Wildman–Crippen LogP) is 5.24. The highest BCUT2D eigenvalue weighted by molar-refractivity contribution is 5.79. The molecule has 0 saturated carbocycles. The molecule has 4 nitrogen and oxygen atoms in total. The molecule has 2 aromatic rings. The number of para-hydroxylation sites is 1. The molecule has 1 N–H and O–H groups in total. The topological polar surface area (TPSA) is 41.6 Å². The van der Waals surface area contributed by atoms with Crippen molar-refractivity contribution in [1.82, 2.24) is 10.2 Å². The molecule has 0 aliphatic carbocycles. The minimum Gasteiger partial charge on any atom is -0.487 e. The third-order valence-corrected chi connectivity index (χ3v) is 7.00. The van der Waals surface area contributed by atoms with E-state index >= 15 is 0 Å². The molecule has 0 radical (unpaired) electrons. The third kappa shape index (κ3) is 4.93. The van der Waals surface area contributed by atoms with Crippen molar-refractivity contribution < 1.29 is 13.9 Å². The van der Waals surface area contributed by atoms with E-state index in [0.717, 1.165) is 68.6 Å². The van der Waals surface area contributed by atoms with Gasteiger partial charge in [0.05, 0.1) is 12.0 Å². The number of halogens is 1. The summed E-state index contributed by atoms with van der Waals surface area (Å²) in [6, 6.07) is 14.7. The van der Waals surface area contributed by atoms with Crippen LogP contribution in [-0.2, 0) is 11.3 Å². The van der Waals surface area contributed by atoms with Crippen LogP contribution in [-0.4, -0.2) is 29.5 Å². The van der Waals surface area contributed by atoms with Gasteiger partial charge in [-0.15, -0.1) is 0 Å². The molecular formula is C26H33FN2O2. The fourth-order valence-electron chi connectivity index (χ4n) is 4.98. The van der Waals surface area contributed by atoms with E-state index in [-0.39, 0.29) is 29.3 Å². The number of carbonyl (C=O) groups excluding carboxylic acids is 1. The molecule has 2 atom stereocenters. The Morgan fingerprint density at radius 2 is 1.90 bits per heavy atom. The third-order valence-electron chi connectivity index (χ3n) is 7.00. The van der Waals surface area contributed by atoms with Crippen LogP contribution in [0.4, 0.5) is 4.39 Å². The molecule has 31 heavy (non-hydrogen) atoms. The Kier molecular flexibility index (Phi) is 6.61. The van der Waals surface area contributed by atoms with Crippen LogP contribution in [0.25, 0.3) is 0 Å². The number of rotatable bonds is 6. The van der Waals surface area contributed by atoms with Crippen molar-refractivity contribution in [3.63, 3.8) is 0 Å². The van der Waals surface area contributed by atoms with Gasteiger partial charge in [-0.3, -0.25) is 9.69 Å². The highest BCUT2D eigenvalue weighted by Gasteiger charge is 2.39. The first-order valence-electron chi connectivity index (χ1n) is 11.6. The Morgan fingerprint density at radius 3 is 2.65 bits per heavy atom. The standard InChI is InChI=1S/C26H33FN2O2/c1-3-26(4-2)16-23(22-9-5-6-10-24(22)31-26)28-25(30)20-8-7-15-29(18-20)17-19-11-13-21(27)14-12-19/h5-6,9-14,20,23H,3-4,7-8,15-18H2,1-2H3,(H,28,30)/t20-,23-/m1/s1. The minimum absolute atomic E-state index is 0.0233. The summed E-state index contributed by atoms with van der Waals surface area (Å²) in [5.74, 6) is 0.782. The van der Waals surface area contributed by atoms with E-state index in [0.29, 0.717) is 0 Å². The summed E-state index contributed by atoms with van der Waals surface area (Å²) in [5, 5.41) is 3.36. The van der Waals surface area contributed by atoms with Crippen LogP contribution >= 0.6 is 0 Å². The van der Waals surface area contributed by atoms with Gasteiger partial charge in [0.1, 0.15) is 17.2 Å². The van der Waals surface area contributed by atoms with E-state index in [1.807, 2.05) is 30.3 Å². The van der Waals surface area contributed by atoms with Crippen LogP contribution in [0, 0.1) is 11.7 Å². The van der Waals surface area contributed by atoms with E-state index in [9.17, 15) is 9.18 Å². The van der Waals surface area contributed by atoms with Crippen LogP contribution in [0.5, 0.6) is 5.75 Å². The Bertz CT molecular complexity index is 895. The van der Waals surface area contributed by atoms with Gasteiger partial charge in [0, 0.05) is 25.1 Å². The van der Waals surface area contributed by atoms with Crippen molar-refractivity contribution in [2.24, 2.45) is 5.92 Å². The molecule has 2 aliphatic heterocycles. The van der Waals surface area contributed by atoms with E-state index in [4.69, 9.17) is 4.74 Å². The van der Waals surface area contributed by atoms with E-state index in [1.54, 1.807) is 0 Å². The first kappa shape index (κ1) is 21.8. The van der Waals surface area contributed by atoms with Crippen molar-refractivity contribution in [3.8, 4) is 5.75 Å². The maximum atomic E-state index is 13.3. The van der Waals surface area contributed by atoms with E-state index in [2.05, 4.69) is 30.1 Å². The SMILES string of the molecule is CCC1(CC)C[C@@H](NC(=O)[C@@H]2CCCN(Cc3ccc(F)cc3)C2)c2ccccc2O1. The maximum Gasteiger partial charge on any atom is 0.224 e. The second-order valence-electron chi connectivity index (χ2n) is 9.00. The number of amides is 1. The van der Waals surface area contributed by atoms with Gasteiger partial charge >= 0.3 is 0 Å². The van der Waals surface area contributed by atoms with Crippen molar-refractivity contribution >= 4 is 5.91 Å². The number of hydrogen-bond donors (Lipinski definition) is 1. The molecule has 1 fully saturated rings. The lowest BCUT2D eigenvalue weighted by Gasteiger charge is -2.42. The fraction of sp³-hybridized carbons (Fsp3) is 0.500. The molecule has 0 bridgehead atoms. The van der Waals surface area contributed by atoms with Crippen molar-refractivity contribution in [1.29, 1.82) is 0 Å². The number of likely N-dealkylation sites (tertiary alicyclic amines) is 1. The van der Waals surface area contributed by atoms with Gasteiger partial charge in [0.15, 0.2) is 0 Å². The Hall–Kier alpha value is -2.40. The quantitative estimate of drug-likeness (QED) is 0.690. The average Bonchev–Trinajstić information content (AvgIpc) is 2.80. The van der Waals surface area contributed by atoms with Gasteiger partial charge in [-0.1, -0.05) is 44.2 Å². The van der Waals surface area contributed by atoms with Gasteiger partial charge in [0.2, 0.25) is 5.91 Å². The lowest BCUT2D eigenvalue weighted by Crippen LogP contribution is -2.48. The normalized spacial score (nSPS) is 22.9. The number of carbonyl (C=O) groups is 1. The Morgan fingerprint density at radius 1 is 1.16 bits per heavy atom. The fourth-order valence-corrected chi connectivity index (χ4v) is 4.98. The van der Waals surface area contributed by atoms with E-state index < -0.39 is 0 Å². The Balaban J connectivity index is 1.43. The molecule has 2 aromatic carbocycles. The van der Waals surface area contributed by atoms with Gasteiger partial charge < -0.3 is 10.1 Å². The van der Waals surface area contributed by atoms with Gasteiger partial charge in [0.25, 0.3) is 0 Å². The average molecular weight is 425 g/mol. The van der Waals surface area contributed by atoms with E-state index in [1.165, 1.54) is 12.1 Å². The van der Waals surface area contributed by atoms with Crippen LogP contribution in [0.2, 0.25) is 0 Å². The highest BCUT2D eigenvalue weighted by atomic mass is 19.1. The second kappa shape index (κ2) is 9.39. The van der Waals surface area contributed by atoms with Crippen LogP contribution < -0.4 is 10.1 Å². The molecule has 166 valence electrons. The summed E-state index contributed by atoms with van der Waals surface area (Å²) in [6.45, 7) is 6.77. The van der Waals surface area contributed by atoms with Crippen molar-refractivity contribution in [3.05, 3.63) is 65.5 Å². The molecule has 4 rings (SSSR count). The highest BCUT2D eigenvalue weighted by Crippen LogP contribution is 2.42. The summed E-state index contributed by atoms with van der Waals surface area (Å²) in [6.07, 6.45) is 4.54. The summed E-state index contributed by atoms with van der Waals surface area (Å²) >= 11 is 0. The first-order valence-corrected chi connectivity index (χ1v) is 11.6. The van der Waals surface area contributed by atoms with Gasteiger partial charge in [-0.05, 0) is 56.0 Å². The summed E-state index contributed by atoms with van der Waals surface area (Å²) in [4.78, 5) is 15.6. The monoisotopic (exact) mass is 424 g/mol. The molecule has 2 aliphatic rings. The zero-order chi connectivity index (χ0) is 21.8. The zero-order valence-electron chi connectivity index (χ0n) is 18.6. The molecule has 2 heterocycles. The molecule has 0 aromatic heterocycles. The summed E-state index contributed by atoms with van der Waals surface area (Å²) < 4.78 is 19.6. The molecule has 1 amide bonds. The molecule has 5 heteroatoms. The van der Waals surface area contributed by atoms with Crippen molar-refractivity contribution in [2.45, 2.75) is 64.1 Å². The maximum absolute atomic E-state index is 13.3. The number of nitrogens with zero attached hydrogens (tertiary/aromatic N) is 1. The van der Waals surface area contributed by atoms with Gasteiger partial charge in [-0.25, -0.2) is 4.39 Å². The number of ether oxygens (including phenoxy) is 1. The summed E-state index contributed by atoms with van der Waals surface area (Å²) in [7, 11) is 0. The largest absolute Gasteiger partial charge is 0.487 e. The molecular weight excluding hydrogens is 391 g/mol. The number of hydrogen-bond acceptors (Lipinski definition) is 3. The molecule has 1 saturated heterocycles. The first-order chi connectivity index (χ1) is 15.0. The molecule has 0 spiro atoms. The Labute approximate surface area is 184 Å². The number of fused-ring (bicyclic) bond motifs is 1. The van der Waals surface area contributed by atoms with Crippen LogP contribution in [0.15, 0.2) is 48.5 Å². The zero-order valence-corrected chi connectivity index (χ0v) is 18.6. The van der Waals surface area contributed by atoms with Gasteiger partial charge in [-0.2, -0.15) is 0 Å². The lowest BCUT2D eigenvalue weighted by atomic mass is 9.83. The smallest absolute Gasteiger partial charge is 0.224 e. The van der Waals surface area contributed by atoms with Crippen LogP contribution in [0.1, 0.15) is 63.1 Å². The lowest BCUT2D eigenvalue weighted by molar-refractivity contribution is -0.128. The number of piperidine rings is 1. The predicted molar refractivity (Wildman–Crippen MR) is 120 cm³/mol. The number of nitrogens with one attached hydrogen (secondary N) is 1. The minimum atomic E-state index is -0.229. The number of benzene rings is 2. The summed E-state index contributed by atoms with van der Waals surface area (Å²) in [5.41, 5.74) is 1.93. The second-order valence-corrected chi connectivity index (χ2v) is 9.00. The molecule has 0 unspecified atom stereocenters. The van der Waals surface area contributed by atoms with Crippen molar-refractivity contribution in [2.75, 3.05) is 13.1 Å². The van der Waals surface area contributed by atoms with Crippen LogP contribution in [0.3, 0.4) is 0 Å².